The summed E-state index contributed by atoms with van der Waals surface area (Å²) >= 11 is 0. The van der Waals surface area contributed by atoms with Crippen LogP contribution in [0.1, 0.15) is 0 Å². The number of nitrogens with one attached hydrogen (secondary N) is 1. The highest BCUT2D eigenvalue weighted by Crippen LogP contribution is 2.31. The van der Waals surface area contributed by atoms with E-state index in [2.05, 4.69) is 10.5 Å². The molecule has 0 radical (unpaired) electrons. The van der Waals surface area contributed by atoms with Crippen molar-refractivity contribution in [2.75, 3.05) is 19.5 Å². The van der Waals surface area contributed by atoms with E-state index >= 15 is 0 Å². The lowest BCUT2D eigenvalue weighted by molar-refractivity contribution is 0.138. The van der Waals surface area contributed by atoms with Gasteiger partial charge in [0.15, 0.2) is 5.84 Å². The van der Waals surface area contributed by atoms with Gasteiger partial charge < -0.3 is 10.5 Å². The minimum Gasteiger partial charge on any atom is -0.483 e. The quantitative estimate of drug-likeness (QED) is 0.512. The summed E-state index contributed by atoms with van der Waals surface area (Å²) in [4.78, 5) is 9.01. The van der Waals surface area contributed by atoms with Crippen molar-refractivity contribution in [2.24, 2.45) is 4.99 Å². The van der Waals surface area contributed by atoms with Crippen LogP contribution in [0.3, 0.4) is 0 Å². The molecule has 0 fully saturated rings. The molecule has 1 aliphatic heterocycles. The van der Waals surface area contributed by atoms with Crippen LogP contribution in [0.25, 0.3) is 0 Å². The lowest BCUT2D eigenvalue weighted by Crippen LogP contribution is -2.29. The normalized spacial score (nSPS) is 13.9. The SMILES string of the molecule is CONC1=Nc2ccc(N)cc2OC1. The number of hydroxylamine groups is 1. The summed E-state index contributed by atoms with van der Waals surface area (Å²) < 4.78 is 5.42. The summed E-state index contributed by atoms with van der Waals surface area (Å²) in [5.74, 6) is 1.34. The number of nitrogens with two attached hydrogens (primary N) is 1. The maximum Gasteiger partial charge on any atom is 0.164 e. The predicted molar refractivity (Wildman–Crippen MR) is 53.6 cm³/mol. The van der Waals surface area contributed by atoms with Crippen molar-refractivity contribution < 1.29 is 9.57 Å². The van der Waals surface area contributed by atoms with E-state index < -0.39 is 0 Å². The monoisotopic (exact) mass is 193 g/mol. The number of anilines is 1. The van der Waals surface area contributed by atoms with E-state index in [4.69, 9.17) is 15.3 Å². The molecule has 3 N–H and O–H groups in total. The zero-order chi connectivity index (χ0) is 9.97. The summed E-state index contributed by atoms with van der Waals surface area (Å²) in [5, 5.41) is 0. The van der Waals surface area contributed by atoms with E-state index in [1.54, 1.807) is 18.2 Å². The van der Waals surface area contributed by atoms with Crippen LogP contribution in [0.5, 0.6) is 5.75 Å². The Morgan fingerprint density at radius 3 is 3.21 bits per heavy atom. The minimum atomic E-state index is 0.365. The maximum atomic E-state index is 5.61. The average molecular weight is 193 g/mol. The zero-order valence-electron chi connectivity index (χ0n) is 7.78. The molecule has 0 unspecified atom stereocenters. The van der Waals surface area contributed by atoms with Gasteiger partial charge in [-0.3, -0.25) is 10.3 Å². The highest BCUT2D eigenvalue weighted by atomic mass is 16.6. The van der Waals surface area contributed by atoms with E-state index in [0.29, 0.717) is 23.9 Å². The van der Waals surface area contributed by atoms with E-state index in [1.807, 2.05) is 0 Å². The molecule has 0 saturated heterocycles. The Bertz CT molecular complexity index is 376. The predicted octanol–water partition coefficient (Wildman–Crippen LogP) is 0.842. The number of nitrogens with zero attached hydrogens (tertiary/aromatic N) is 1. The van der Waals surface area contributed by atoms with Crippen LogP contribution in [0.2, 0.25) is 0 Å². The summed E-state index contributed by atoms with van der Waals surface area (Å²) in [5.41, 5.74) is 9.66. The zero-order valence-corrected chi connectivity index (χ0v) is 7.78. The summed E-state index contributed by atoms with van der Waals surface area (Å²) in [6.45, 7) is 0.365. The van der Waals surface area contributed by atoms with Crippen LogP contribution in [0.4, 0.5) is 11.4 Å². The van der Waals surface area contributed by atoms with Gasteiger partial charge in [0, 0.05) is 11.8 Å². The van der Waals surface area contributed by atoms with Crippen molar-refractivity contribution in [1.82, 2.24) is 5.48 Å². The Balaban J connectivity index is 2.30. The summed E-state index contributed by atoms with van der Waals surface area (Å²) in [7, 11) is 1.53. The molecule has 0 aliphatic carbocycles. The molecule has 74 valence electrons. The van der Waals surface area contributed by atoms with Gasteiger partial charge in [0.1, 0.15) is 18.0 Å². The number of rotatable bonds is 1. The molecule has 5 nitrogen and oxygen atoms in total. The Morgan fingerprint density at radius 2 is 2.43 bits per heavy atom. The molecule has 0 amide bonds. The van der Waals surface area contributed by atoms with Crippen LogP contribution >= 0.6 is 0 Å². The standard InChI is InChI=1S/C9H11N3O2/c1-13-12-9-5-14-8-4-6(10)2-3-7(8)11-9/h2-4H,5,10H2,1H3,(H,11,12). The van der Waals surface area contributed by atoms with Crippen molar-refractivity contribution in [3.05, 3.63) is 18.2 Å². The van der Waals surface area contributed by atoms with E-state index in [9.17, 15) is 0 Å². The fourth-order valence-corrected chi connectivity index (χ4v) is 1.23. The molecule has 1 heterocycles. The van der Waals surface area contributed by atoms with Gasteiger partial charge in [-0.1, -0.05) is 0 Å². The van der Waals surface area contributed by atoms with E-state index in [0.717, 1.165) is 5.69 Å². The summed E-state index contributed by atoms with van der Waals surface area (Å²) in [6, 6.07) is 5.34. The minimum absolute atomic E-state index is 0.365. The van der Waals surface area contributed by atoms with Gasteiger partial charge >= 0.3 is 0 Å². The topological polar surface area (TPSA) is 68.9 Å². The number of fused-ring (bicyclic) bond motifs is 1. The number of hydrogen-bond donors (Lipinski definition) is 2. The van der Waals surface area contributed by atoms with Crippen LogP contribution < -0.4 is 16.0 Å². The Hall–Kier alpha value is -1.75. The number of hydrogen-bond acceptors (Lipinski definition) is 5. The number of aliphatic imine (C=N–C) groups is 1. The molecule has 0 aromatic heterocycles. The van der Waals surface area contributed by atoms with Crippen LogP contribution in [0.15, 0.2) is 23.2 Å². The molecular weight excluding hydrogens is 182 g/mol. The molecule has 1 aliphatic rings. The lowest BCUT2D eigenvalue weighted by atomic mass is 10.2. The number of ether oxygens (including phenoxy) is 1. The fraction of sp³-hybridized carbons (Fsp3) is 0.222. The van der Waals surface area contributed by atoms with Gasteiger partial charge in [0.2, 0.25) is 0 Å². The molecule has 0 saturated carbocycles. The number of amidine groups is 1. The second-order valence-electron chi connectivity index (χ2n) is 2.88. The van der Waals surface area contributed by atoms with Crippen molar-refractivity contribution in [1.29, 1.82) is 0 Å². The first kappa shape index (κ1) is 8.83. The first-order valence-electron chi connectivity index (χ1n) is 4.18. The second kappa shape index (κ2) is 3.55. The molecule has 2 rings (SSSR count). The Labute approximate surface area is 81.5 Å². The second-order valence-corrected chi connectivity index (χ2v) is 2.88. The highest BCUT2D eigenvalue weighted by Gasteiger charge is 2.12. The average Bonchev–Trinajstić information content (AvgIpc) is 2.19. The molecular formula is C9H11N3O2. The molecule has 0 spiro atoms. The van der Waals surface area contributed by atoms with Crippen molar-refractivity contribution in [3.8, 4) is 5.75 Å². The van der Waals surface area contributed by atoms with Gasteiger partial charge in [-0.2, -0.15) is 0 Å². The fourth-order valence-electron chi connectivity index (χ4n) is 1.23. The third kappa shape index (κ3) is 1.62. The van der Waals surface area contributed by atoms with Gasteiger partial charge in [-0.25, -0.2) is 4.99 Å². The molecule has 5 heteroatoms. The third-order valence-electron chi connectivity index (χ3n) is 1.82. The molecule has 1 aromatic carbocycles. The highest BCUT2D eigenvalue weighted by molar-refractivity contribution is 5.88. The van der Waals surface area contributed by atoms with Crippen molar-refractivity contribution >= 4 is 17.2 Å². The molecule has 0 atom stereocenters. The first-order chi connectivity index (χ1) is 6.79. The first-order valence-corrected chi connectivity index (χ1v) is 4.18. The van der Waals surface area contributed by atoms with Crippen LogP contribution in [-0.4, -0.2) is 19.6 Å². The largest absolute Gasteiger partial charge is 0.483 e. The van der Waals surface area contributed by atoms with Crippen molar-refractivity contribution in [3.63, 3.8) is 0 Å². The van der Waals surface area contributed by atoms with Crippen LogP contribution in [-0.2, 0) is 4.84 Å². The van der Waals surface area contributed by atoms with Gasteiger partial charge in [-0.15, -0.1) is 0 Å². The smallest absolute Gasteiger partial charge is 0.164 e. The Kier molecular flexibility index (Phi) is 2.24. The third-order valence-corrected chi connectivity index (χ3v) is 1.82. The maximum absolute atomic E-state index is 5.61. The molecule has 0 bridgehead atoms. The van der Waals surface area contributed by atoms with E-state index in [1.165, 1.54) is 7.11 Å². The lowest BCUT2D eigenvalue weighted by Gasteiger charge is -2.17. The number of benzene rings is 1. The molecule has 14 heavy (non-hydrogen) atoms. The van der Waals surface area contributed by atoms with E-state index in [-0.39, 0.29) is 0 Å². The van der Waals surface area contributed by atoms with Crippen LogP contribution in [0, 0.1) is 0 Å². The van der Waals surface area contributed by atoms with Crippen molar-refractivity contribution in [2.45, 2.75) is 0 Å². The van der Waals surface area contributed by atoms with Gasteiger partial charge in [-0.05, 0) is 12.1 Å². The Morgan fingerprint density at radius 1 is 1.57 bits per heavy atom. The molecule has 1 aromatic rings. The van der Waals surface area contributed by atoms with Gasteiger partial charge in [0.05, 0.1) is 7.11 Å². The van der Waals surface area contributed by atoms with Gasteiger partial charge in [0.25, 0.3) is 0 Å². The summed E-state index contributed by atoms with van der Waals surface area (Å²) in [6.07, 6.45) is 0. The number of nitrogen functional groups attached to an aromatic ring is 1.